The molecule has 1 saturated heterocycles. The van der Waals surface area contributed by atoms with E-state index in [1.807, 2.05) is 56.3 Å². The summed E-state index contributed by atoms with van der Waals surface area (Å²) in [5.41, 5.74) is 3.86. The minimum Gasteiger partial charge on any atom is -0.481 e. The highest BCUT2D eigenvalue weighted by Crippen LogP contribution is 2.34. The first-order valence-corrected chi connectivity index (χ1v) is 9.02. The number of amides is 1. The first-order valence-electron chi connectivity index (χ1n) is 9.02. The van der Waals surface area contributed by atoms with E-state index < -0.39 is 11.9 Å². The molecule has 1 amide bonds. The van der Waals surface area contributed by atoms with Crippen LogP contribution in [-0.2, 0) is 4.79 Å². The summed E-state index contributed by atoms with van der Waals surface area (Å²) in [5, 5.41) is 10.5. The van der Waals surface area contributed by atoms with Gasteiger partial charge in [0.2, 0.25) is 0 Å². The predicted molar refractivity (Wildman–Crippen MR) is 102 cm³/mol. The summed E-state index contributed by atoms with van der Waals surface area (Å²) >= 11 is 0. The number of furan rings is 1. The molecule has 0 bridgehead atoms. The van der Waals surface area contributed by atoms with Gasteiger partial charge in [0, 0.05) is 24.4 Å². The van der Waals surface area contributed by atoms with Crippen LogP contribution < -0.4 is 0 Å². The second kappa shape index (κ2) is 6.58. The highest BCUT2D eigenvalue weighted by atomic mass is 16.4. The number of rotatable bonds is 3. The standard InChI is InChI=1S/C22H21NO4/c1-13-8-16-10-20(27-19(16)9-14(13)2)21(24)23-11-17(18(12-23)22(25)26)15-6-4-3-5-7-15/h3-10,17-18H,11-12H2,1-2H3,(H,25,26). The fourth-order valence-electron chi connectivity index (χ4n) is 3.82. The van der Waals surface area contributed by atoms with Crippen LogP contribution in [-0.4, -0.2) is 35.0 Å². The summed E-state index contributed by atoms with van der Waals surface area (Å²) in [5.74, 6) is -1.72. The molecule has 3 aromatic rings. The molecule has 1 aromatic heterocycles. The van der Waals surface area contributed by atoms with Gasteiger partial charge in [0.25, 0.3) is 5.91 Å². The monoisotopic (exact) mass is 363 g/mol. The molecule has 0 saturated carbocycles. The van der Waals surface area contributed by atoms with Crippen molar-refractivity contribution in [3.05, 3.63) is 71.0 Å². The van der Waals surface area contributed by atoms with E-state index in [9.17, 15) is 14.7 Å². The van der Waals surface area contributed by atoms with Crippen molar-refractivity contribution in [3.8, 4) is 0 Å². The summed E-state index contributed by atoms with van der Waals surface area (Å²) in [6.45, 7) is 4.57. The Morgan fingerprint density at radius 3 is 2.44 bits per heavy atom. The maximum atomic E-state index is 13.0. The molecule has 2 unspecified atom stereocenters. The number of aryl methyl sites for hydroxylation is 2. The van der Waals surface area contributed by atoms with Gasteiger partial charge in [-0.05, 0) is 48.7 Å². The normalized spacial score (nSPS) is 19.6. The molecule has 4 rings (SSSR count). The summed E-state index contributed by atoms with van der Waals surface area (Å²) < 4.78 is 5.78. The molecule has 1 fully saturated rings. The van der Waals surface area contributed by atoms with E-state index in [-0.39, 0.29) is 24.1 Å². The average molecular weight is 363 g/mol. The lowest BCUT2D eigenvalue weighted by Crippen LogP contribution is -2.29. The van der Waals surface area contributed by atoms with Gasteiger partial charge in [-0.25, -0.2) is 0 Å². The number of carbonyl (C=O) groups excluding carboxylic acids is 1. The van der Waals surface area contributed by atoms with Crippen molar-refractivity contribution >= 4 is 22.8 Å². The molecule has 1 N–H and O–H groups in total. The van der Waals surface area contributed by atoms with Crippen molar-refractivity contribution in [2.45, 2.75) is 19.8 Å². The molecule has 1 aliphatic heterocycles. The third-order valence-corrected chi connectivity index (χ3v) is 5.50. The van der Waals surface area contributed by atoms with E-state index in [0.29, 0.717) is 12.1 Å². The Morgan fingerprint density at radius 1 is 1.04 bits per heavy atom. The molecule has 2 aromatic carbocycles. The summed E-state index contributed by atoms with van der Waals surface area (Å²) in [4.78, 5) is 26.3. The lowest BCUT2D eigenvalue weighted by Gasteiger charge is -2.15. The van der Waals surface area contributed by atoms with Crippen molar-refractivity contribution in [2.75, 3.05) is 13.1 Å². The van der Waals surface area contributed by atoms with Crippen LogP contribution in [0.15, 0.2) is 52.9 Å². The van der Waals surface area contributed by atoms with Gasteiger partial charge >= 0.3 is 5.97 Å². The highest BCUT2D eigenvalue weighted by molar-refractivity contribution is 5.97. The number of carboxylic acids is 1. The van der Waals surface area contributed by atoms with Gasteiger partial charge in [0.1, 0.15) is 5.58 Å². The SMILES string of the molecule is Cc1cc2cc(C(=O)N3CC(C(=O)O)C(c4ccccc4)C3)oc2cc1C. The fraction of sp³-hybridized carbons (Fsp3) is 0.273. The number of aliphatic carboxylic acids is 1. The van der Waals surface area contributed by atoms with Gasteiger partial charge in [-0.15, -0.1) is 0 Å². The van der Waals surface area contributed by atoms with Gasteiger partial charge in [-0.1, -0.05) is 30.3 Å². The smallest absolute Gasteiger partial charge is 0.308 e. The van der Waals surface area contributed by atoms with Crippen LogP contribution in [0, 0.1) is 19.8 Å². The van der Waals surface area contributed by atoms with Crippen molar-refractivity contribution in [1.29, 1.82) is 0 Å². The van der Waals surface area contributed by atoms with Gasteiger partial charge in [-0.3, -0.25) is 9.59 Å². The maximum Gasteiger partial charge on any atom is 0.308 e. The summed E-state index contributed by atoms with van der Waals surface area (Å²) in [6.07, 6.45) is 0. The number of likely N-dealkylation sites (tertiary alicyclic amines) is 1. The number of nitrogens with zero attached hydrogens (tertiary/aromatic N) is 1. The van der Waals surface area contributed by atoms with E-state index in [4.69, 9.17) is 4.42 Å². The Morgan fingerprint density at radius 2 is 1.74 bits per heavy atom. The number of hydrogen-bond acceptors (Lipinski definition) is 3. The molecule has 27 heavy (non-hydrogen) atoms. The largest absolute Gasteiger partial charge is 0.481 e. The molecule has 2 heterocycles. The van der Waals surface area contributed by atoms with Crippen molar-refractivity contribution < 1.29 is 19.1 Å². The maximum absolute atomic E-state index is 13.0. The summed E-state index contributed by atoms with van der Waals surface area (Å²) in [7, 11) is 0. The van der Waals surface area contributed by atoms with Crippen LogP contribution in [0.3, 0.4) is 0 Å². The molecule has 1 aliphatic rings. The van der Waals surface area contributed by atoms with Gasteiger partial charge < -0.3 is 14.4 Å². The van der Waals surface area contributed by atoms with Crippen LogP contribution in [0.1, 0.15) is 33.2 Å². The molecule has 0 radical (unpaired) electrons. The zero-order valence-electron chi connectivity index (χ0n) is 15.3. The molecule has 5 nitrogen and oxygen atoms in total. The molecule has 0 aliphatic carbocycles. The Labute approximate surface area is 157 Å². The highest BCUT2D eigenvalue weighted by Gasteiger charge is 2.41. The summed E-state index contributed by atoms with van der Waals surface area (Å²) in [6, 6.07) is 15.2. The predicted octanol–water partition coefficient (Wildman–Crippen LogP) is 3.99. The van der Waals surface area contributed by atoms with Crippen molar-refractivity contribution in [1.82, 2.24) is 4.90 Å². The van der Waals surface area contributed by atoms with E-state index in [0.717, 1.165) is 22.1 Å². The number of carbonyl (C=O) groups is 2. The second-order valence-corrected chi connectivity index (χ2v) is 7.26. The first-order chi connectivity index (χ1) is 12.9. The molecule has 2 atom stereocenters. The number of carboxylic acid groups (broad SMARTS) is 1. The minimum atomic E-state index is -0.880. The van der Waals surface area contributed by atoms with Crippen LogP contribution in [0.2, 0.25) is 0 Å². The third-order valence-electron chi connectivity index (χ3n) is 5.50. The van der Waals surface area contributed by atoms with Crippen LogP contribution in [0.25, 0.3) is 11.0 Å². The Hall–Kier alpha value is -3.08. The van der Waals surface area contributed by atoms with E-state index >= 15 is 0 Å². The molecule has 5 heteroatoms. The lowest BCUT2D eigenvalue weighted by molar-refractivity contribution is -0.141. The Balaban J connectivity index is 1.63. The quantitative estimate of drug-likeness (QED) is 0.764. The lowest BCUT2D eigenvalue weighted by atomic mass is 9.89. The van der Waals surface area contributed by atoms with Crippen LogP contribution >= 0.6 is 0 Å². The van der Waals surface area contributed by atoms with Crippen LogP contribution in [0.4, 0.5) is 0 Å². The Bertz CT molecular complexity index is 982. The molecular weight excluding hydrogens is 342 g/mol. The van der Waals surface area contributed by atoms with Crippen molar-refractivity contribution in [3.63, 3.8) is 0 Å². The Kier molecular flexibility index (Phi) is 4.22. The van der Waals surface area contributed by atoms with E-state index in [1.165, 1.54) is 0 Å². The molecule has 0 spiro atoms. The van der Waals surface area contributed by atoms with Gasteiger partial charge in [-0.2, -0.15) is 0 Å². The third kappa shape index (κ3) is 3.10. The number of benzene rings is 2. The number of hydrogen-bond donors (Lipinski definition) is 1. The van der Waals surface area contributed by atoms with E-state index in [2.05, 4.69) is 0 Å². The number of fused-ring (bicyclic) bond motifs is 1. The fourth-order valence-corrected chi connectivity index (χ4v) is 3.82. The van der Waals surface area contributed by atoms with Crippen LogP contribution in [0.5, 0.6) is 0 Å². The van der Waals surface area contributed by atoms with Crippen molar-refractivity contribution in [2.24, 2.45) is 5.92 Å². The van der Waals surface area contributed by atoms with E-state index in [1.54, 1.807) is 11.0 Å². The minimum absolute atomic E-state index is 0.183. The van der Waals surface area contributed by atoms with Gasteiger partial charge in [0.05, 0.1) is 5.92 Å². The van der Waals surface area contributed by atoms with Gasteiger partial charge in [0.15, 0.2) is 5.76 Å². The zero-order valence-corrected chi connectivity index (χ0v) is 15.3. The first kappa shape index (κ1) is 17.3. The molecule has 138 valence electrons. The topological polar surface area (TPSA) is 70.8 Å². The molecular formula is C22H21NO4. The zero-order chi connectivity index (χ0) is 19.1. The average Bonchev–Trinajstić information content (AvgIpc) is 3.27. The second-order valence-electron chi connectivity index (χ2n) is 7.26.